The number of ether oxygens (including phenoxy) is 1. The number of hydrogen-bond acceptors (Lipinski definition) is 2. The van der Waals surface area contributed by atoms with Crippen LogP contribution in [0, 0.1) is 0 Å². The Kier molecular flexibility index (Phi) is 3.86. The predicted molar refractivity (Wildman–Crippen MR) is 64.4 cm³/mol. The summed E-state index contributed by atoms with van der Waals surface area (Å²) >= 11 is 5.89. The molecule has 1 atom stereocenters. The normalized spacial score (nSPS) is 17.5. The van der Waals surface area contributed by atoms with Gasteiger partial charge in [-0.15, -0.1) is 0 Å². The summed E-state index contributed by atoms with van der Waals surface area (Å²) < 4.78 is 5.42. The number of halogens is 1. The highest BCUT2D eigenvalue weighted by Crippen LogP contribution is 2.18. The molecular formula is C13H15ClO2. The van der Waals surface area contributed by atoms with E-state index in [1.807, 2.05) is 30.3 Å². The zero-order valence-electron chi connectivity index (χ0n) is 9.03. The van der Waals surface area contributed by atoms with Gasteiger partial charge in [-0.25, -0.2) is 0 Å². The van der Waals surface area contributed by atoms with Gasteiger partial charge in [0.15, 0.2) is 0 Å². The van der Waals surface area contributed by atoms with Crippen molar-refractivity contribution in [1.29, 1.82) is 0 Å². The average molecular weight is 239 g/mol. The topological polar surface area (TPSA) is 29.5 Å². The highest BCUT2D eigenvalue weighted by molar-refractivity contribution is 6.30. The monoisotopic (exact) mass is 238 g/mol. The van der Waals surface area contributed by atoms with Gasteiger partial charge in [0.25, 0.3) is 0 Å². The van der Waals surface area contributed by atoms with Gasteiger partial charge in [-0.2, -0.15) is 0 Å². The van der Waals surface area contributed by atoms with Gasteiger partial charge in [-0.1, -0.05) is 23.7 Å². The molecule has 1 aliphatic rings. The Morgan fingerprint density at radius 2 is 2.31 bits per heavy atom. The van der Waals surface area contributed by atoms with E-state index < -0.39 is 6.10 Å². The van der Waals surface area contributed by atoms with Gasteiger partial charge in [-0.05, 0) is 36.6 Å². The van der Waals surface area contributed by atoms with Crippen LogP contribution >= 0.6 is 11.6 Å². The highest BCUT2D eigenvalue weighted by atomic mass is 35.5. The van der Waals surface area contributed by atoms with E-state index >= 15 is 0 Å². The molecule has 0 aliphatic carbocycles. The van der Waals surface area contributed by atoms with Crippen LogP contribution in [0.4, 0.5) is 0 Å². The maximum absolute atomic E-state index is 9.98. The second-order valence-electron chi connectivity index (χ2n) is 3.95. The van der Waals surface area contributed by atoms with E-state index in [0.29, 0.717) is 23.8 Å². The van der Waals surface area contributed by atoms with Crippen LogP contribution in [-0.4, -0.2) is 17.8 Å². The molecule has 0 fully saturated rings. The van der Waals surface area contributed by atoms with Crippen molar-refractivity contribution in [1.82, 2.24) is 0 Å². The molecule has 0 spiro atoms. The molecule has 16 heavy (non-hydrogen) atoms. The minimum Gasteiger partial charge on any atom is -0.495 e. The summed E-state index contributed by atoms with van der Waals surface area (Å²) in [5.74, 6) is 0.700. The van der Waals surface area contributed by atoms with Gasteiger partial charge >= 0.3 is 0 Å². The van der Waals surface area contributed by atoms with Crippen LogP contribution < -0.4 is 0 Å². The van der Waals surface area contributed by atoms with E-state index in [1.165, 1.54) is 0 Å². The summed E-state index contributed by atoms with van der Waals surface area (Å²) in [5, 5.41) is 10.7. The Bertz CT molecular complexity index is 387. The highest BCUT2D eigenvalue weighted by Gasteiger charge is 2.15. The maximum Gasteiger partial charge on any atom is 0.121 e. The predicted octanol–water partition coefficient (Wildman–Crippen LogP) is 2.94. The van der Waals surface area contributed by atoms with Crippen LogP contribution in [0.5, 0.6) is 0 Å². The first-order chi connectivity index (χ1) is 7.75. The lowest BCUT2D eigenvalue weighted by molar-refractivity contribution is 0.0918. The zero-order valence-corrected chi connectivity index (χ0v) is 9.78. The summed E-state index contributed by atoms with van der Waals surface area (Å²) in [4.78, 5) is 0. The Morgan fingerprint density at radius 3 is 3.00 bits per heavy atom. The van der Waals surface area contributed by atoms with Crippen molar-refractivity contribution in [2.45, 2.75) is 25.4 Å². The Labute approximate surface area is 101 Å². The lowest BCUT2D eigenvalue weighted by Crippen LogP contribution is -2.18. The Balaban J connectivity index is 2.01. The van der Waals surface area contributed by atoms with Crippen molar-refractivity contribution in [3.63, 3.8) is 0 Å². The minimum absolute atomic E-state index is 0.548. The summed E-state index contributed by atoms with van der Waals surface area (Å²) in [6.07, 6.45) is 3.99. The number of allylic oxidation sites excluding steroid dienone is 1. The van der Waals surface area contributed by atoms with Crippen molar-refractivity contribution >= 4 is 11.6 Å². The quantitative estimate of drug-likeness (QED) is 0.878. The molecule has 1 aliphatic heterocycles. The number of benzene rings is 1. The lowest BCUT2D eigenvalue weighted by Gasteiger charge is -2.19. The fourth-order valence-electron chi connectivity index (χ4n) is 1.80. The van der Waals surface area contributed by atoms with Gasteiger partial charge in [0, 0.05) is 11.4 Å². The van der Waals surface area contributed by atoms with Gasteiger partial charge < -0.3 is 9.84 Å². The molecule has 1 unspecified atom stereocenters. The fourth-order valence-corrected chi connectivity index (χ4v) is 2.01. The molecule has 2 nitrogen and oxygen atoms in total. The van der Waals surface area contributed by atoms with Gasteiger partial charge in [0.2, 0.25) is 0 Å². The molecule has 0 saturated heterocycles. The van der Waals surface area contributed by atoms with Crippen molar-refractivity contribution < 1.29 is 9.84 Å². The van der Waals surface area contributed by atoms with Crippen molar-refractivity contribution in [3.8, 4) is 0 Å². The number of aliphatic hydroxyl groups is 1. The molecule has 2 rings (SSSR count). The van der Waals surface area contributed by atoms with Crippen molar-refractivity contribution in [3.05, 3.63) is 46.7 Å². The maximum atomic E-state index is 9.98. The third-order valence-electron chi connectivity index (χ3n) is 2.61. The van der Waals surface area contributed by atoms with E-state index in [-0.39, 0.29) is 0 Å². The van der Waals surface area contributed by atoms with Crippen molar-refractivity contribution in [2.24, 2.45) is 0 Å². The number of hydrogen-bond donors (Lipinski definition) is 1. The van der Waals surface area contributed by atoms with Gasteiger partial charge in [0.1, 0.15) is 11.9 Å². The van der Waals surface area contributed by atoms with E-state index in [2.05, 4.69) is 0 Å². The van der Waals surface area contributed by atoms with Crippen LogP contribution in [0.25, 0.3) is 0 Å². The molecule has 0 aromatic heterocycles. The zero-order chi connectivity index (χ0) is 11.4. The smallest absolute Gasteiger partial charge is 0.121 e. The van der Waals surface area contributed by atoms with Crippen molar-refractivity contribution in [2.75, 3.05) is 6.61 Å². The number of aliphatic hydroxyl groups excluding tert-OH is 1. The first-order valence-corrected chi connectivity index (χ1v) is 5.89. The Hall–Kier alpha value is -0.990. The average Bonchev–Trinajstić information content (AvgIpc) is 2.30. The third kappa shape index (κ3) is 3.00. The Morgan fingerprint density at radius 1 is 1.44 bits per heavy atom. The molecule has 3 heteroatoms. The molecule has 1 N–H and O–H groups in total. The lowest BCUT2D eigenvalue weighted by atomic mass is 10.1. The van der Waals surface area contributed by atoms with E-state index in [4.69, 9.17) is 16.3 Å². The molecule has 0 saturated carbocycles. The first-order valence-electron chi connectivity index (χ1n) is 5.51. The molecule has 0 bridgehead atoms. The van der Waals surface area contributed by atoms with E-state index in [1.54, 1.807) is 0 Å². The molecule has 0 radical (unpaired) electrons. The van der Waals surface area contributed by atoms with Crippen LogP contribution in [0.15, 0.2) is 36.1 Å². The largest absolute Gasteiger partial charge is 0.495 e. The summed E-state index contributed by atoms with van der Waals surface area (Å²) in [6.45, 7) is 0.707. The SMILES string of the molecule is OC(Cc1cccc(Cl)c1)C1=CCCCO1. The van der Waals surface area contributed by atoms with E-state index in [9.17, 15) is 5.11 Å². The molecular weight excluding hydrogens is 224 g/mol. The van der Waals surface area contributed by atoms with Crippen LogP contribution in [0.3, 0.4) is 0 Å². The molecule has 1 heterocycles. The summed E-state index contributed by atoms with van der Waals surface area (Å²) in [6, 6.07) is 7.54. The number of rotatable bonds is 3. The second-order valence-corrected chi connectivity index (χ2v) is 4.38. The van der Waals surface area contributed by atoms with Crippen LogP contribution in [0.2, 0.25) is 5.02 Å². The minimum atomic E-state index is -0.557. The van der Waals surface area contributed by atoms with Crippen LogP contribution in [-0.2, 0) is 11.2 Å². The fraction of sp³-hybridized carbons (Fsp3) is 0.385. The van der Waals surface area contributed by atoms with Gasteiger partial charge in [0.05, 0.1) is 6.61 Å². The third-order valence-corrected chi connectivity index (χ3v) is 2.84. The summed E-state index contributed by atoms with van der Waals surface area (Å²) in [5.41, 5.74) is 1.02. The van der Waals surface area contributed by atoms with E-state index in [0.717, 1.165) is 18.4 Å². The van der Waals surface area contributed by atoms with Gasteiger partial charge in [-0.3, -0.25) is 0 Å². The molecule has 0 amide bonds. The summed E-state index contributed by atoms with van der Waals surface area (Å²) in [7, 11) is 0. The second kappa shape index (κ2) is 5.37. The molecule has 1 aromatic carbocycles. The first kappa shape index (κ1) is 11.5. The molecule has 1 aromatic rings. The molecule has 86 valence electrons. The van der Waals surface area contributed by atoms with Crippen LogP contribution in [0.1, 0.15) is 18.4 Å². The standard InChI is InChI=1S/C13H15ClO2/c14-11-5-3-4-10(8-11)9-12(15)13-6-1-2-7-16-13/h3-6,8,12,15H,1-2,7,9H2.